The lowest BCUT2D eigenvalue weighted by Crippen LogP contribution is -2.32. The molecule has 6 heteroatoms. The molecular weight excluding hydrogens is 404 g/mol. The molecule has 31 heavy (non-hydrogen) atoms. The molecule has 1 aliphatic carbocycles. The average Bonchev–Trinajstić information content (AvgIpc) is 3.22. The molecule has 1 heterocycles. The van der Waals surface area contributed by atoms with Crippen LogP contribution in [0.25, 0.3) is 5.69 Å². The molecule has 4 rings (SSSR count). The molecule has 1 amide bonds. The van der Waals surface area contributed by atoms with E-state index in [1.165, 1.54) is 29.4 Å². The van der Waals surface area contributed by atoms with Crippen LogP contribution in [0.5, 0.6) is 0 Å². The Bertz CT molecular complexity index is 1030. The minimum Gasteiger partial charge on any atom is -0.316 e. The Labute approximate surface area is 188 Å². The second-order valence-electron chi connectivity index (χ2n) is 7.60. The number of carbonyl (C=O) groups is 1. The highest BCUT2D eigenvalue weighted by Crippen LogP contribution is 2.26. The van der Waals surface area contributed by atoms with Crippen LogP contribution < -0.4 is 0 Å². The van der Waals surface area contributed by atoms with Crippen molar-refractivity contribution in [1.29, 1.82) is 0 Å². The molecule has 5 nitrogen and oxygen atoms in total. The average molecular weight is 433 g/mol. The maximum Gasteiger partial charge on any atom is 0.237 e. The van der Waals surface area contributed by atoms with E-state index >= 15 is 0 Å². The Morgan fingerprint density at radius 3 is 2.45 bits per heavy atom. The summed E-state index contributed by atoms with van der Waals surface area (Å²) in [6.45, 7) is 2.75. The summed E-state index contributed by atoms with van der Waals surface area (Å²) < 4.78 is 2.07. The largest absolute Gasteiger partial charge is 0.316 e. The van der Waals surface area contributed by atoms with E-state index in [0.29, 0.717) is 18.7 Å². The first-order valence-electron chi connectivity index (χ1n) is 10.9. The zero-order valence-corrected chi connectivity index (χ0v) is 18.7. The Hall–Kier alpha value is -2.86. The summed E-state index contributed by atoms with van der Waals surface area (Å²) in [6, 6.07) is 20.4. The number of thioether (sulfide) groups is 1. The molecule has 2 aromatic carbocycles. The molecule has 0 unspecified atom stereocenters. The fraction of sp³-hybridized carbons (Fsp3) is 0.320. The van der Waals surface area contributed by atoms with Crippen LogP contribution in [-0.4, -0.2) is 37.9 Å². The first-order valence-corrected chi connectivity index (χ1v) is 11.9. The lowest BCUT2D eigenvalue weighted by atomic mass is 10.0. The molecule has 3 aromatic rings. The summed E-state index contributed by atoms with van der Waals surface area (Å²) in [5, 5.41) is 9.67. The zero-order chi connectivity index (χ0) is 21.5. The van der Waals surface area contributed by atoms with Crippen molar-refractivity contribution in [2.24, 2.45) is 0 Å². The van der Waals surface area contributed by atoms with E-state index in [-0.39, 0.29) is 5.91 Å². The van der Waals surface area contributed by atoms with Crippen molar-refractivity contribution in [2.75, 3.05) is 12.3 Å². The third-order valence-corrected chi connectivity index (χ3v) is 6.39. The van der Waals surface area contributed by atoms with Crippen LogP contribution >= 0.6 is 11.8 Å². The summed E-state index contributed by atoms with van der Waals surface area (Å²) in [6.07, 6.45) is 7.34. The fourth-order valence-electron chi connectivity index (χ4n) is 3.93. The molecule has 0 aliphatic heterocycles. The van der Waals surface area contributed by atoms with Crippen LogP contribution in [0.15, 0.2) is 77.6 Å². The summed E-state index contributed by atoms with van der Waals surface area (Å²) in [5.74, 6) is 1.35. The highest BCUT2D eigenvalue weighted by molar-refractivity contribution is 7.99. The summed E-state index contributed by atoms with van der Waals surface area (Å²) >= 11 is 1.46. The van der Waals surface area contributed by atoms with E-state index in [4.69, 9.17) is 0 Å². The third-order valence-electron chi connectivity index (χ3n) is 5.48. The quantitative estimate of drug-likeness (QED) is 0.456. The van der Waals surface area contributed by atoms with Crippen molar-refractivity contribution in [3.05, 3.63) is 83.8 Å². The van der Waals surface area contributed by atoms with Crippen molar-refractivity contribution in [3.8, 4) is 5.69 Å². The topological polar surface area (TPSA) is 51.0 Å². The normalized spacial score (nSPS) is 13.6. The monoisotopic (exact) mass is 432 g/mol. The molecule has 0 saturated carbocycles. The van der Waals surface area contributed by atoms with Gasteiger partial charge in [-0.1, -0.05) is 66.4 Å². The van der Waals surface area contributed by atoms with Crippen molar-refractivity contribution >= 4 is 17.7 Å². The van der Waals surface area contributed by atoms with Crippen LogP contribution in [0, 0.1) is 0 Å². The lowest BCUT2D eigenvalue weighted by Gasteiger charge is -2.26. The van der Waals surface area contributed by atoms with Crippen LogP contribution in [0.3, 0.4) is 0 Å². The molecule has 0 fully saturated rings. The number of allylic oxidation sites excluding steroid dienone is 2. The van der Waals surface area contributed by atoms with Crippen LogP contribution in [-0.2, 0) is 11.2 Å². The number of hydrogen-bond acceptors (Lipinski definition) is 4. The van der Waals surface area contributed by atoms with E-state index in [1.54, 1.807) is 0 Å². The van der Waals surface area contributed by atoms with Gasteiger partial charge in [-0.25, -0.2) is 0 Å². The van der Waals surface area contributed by atoms with Gasteiger partial charge in [0, 0.05) is 24.4 Å². The maximum absolute atomic E-state index is 13.0. The number of carbonyl (C=O) groups excluding carboxylic acids is 1. The Kier molecular flexibility index (Phi) is 7.20. The van der Waals surface area contributed by atoms with Crippen LogP contribution in [0.1, 0.15) is 44.0 Å². The lowest BCUT2D eigenvalue weighted by molar-refractivity contribution is -0.126. The minimum atomic E-state index is 0.132. The van der Waals surface area contributed by atoms with Gasteiger partial charge in [-0.05, 0) is 50.3 Å². The molecule has 0 radical (unpaired) electrons. The Balaban J connectivity index is 1.55. The van der Waals surface area contributed by atoms with Gasteiger partial charge < -0.3 is 4.90 Å². The number of amides is 1. The second kappa shape index (κ2) is 10.4. The predicted octanol–water partition coefficient (Wildman–Crippen LogP) is 5.26. The number of aromatic nitrogens is 3. The van der Waals surface area contributed by atoms with E-state index in [0.717, 1.165) is 35.9 Å². The molecule has 1 aliphatic rings. The highest BCUT2D eigenvalue weighted by Gasteiger charge is 2.21. The van der Waals surface area contributed by atoms with Gasteiger partial charge in [-0.3, -0.25) is 9.36 Å². The van der Waals surface area contributed by atoms with Gasteiger partial charge in [-0.2, -0.15) is 0 Å². The number of benzene rings is 2. The fourth-order valence-corrected chi connectivity index (χ4v) is 4.78. The Morgan fingerprint density at radius 1 is 1.03 bits per heavy atom. The molecule has 160 valence electrons. The van der Waals surface area contributed by atoms with Gasteiger partial charge in [0.2, 0.25) is 5.91 Å². The third kappa shape index (κ3) is 5.25. The summed E-state index contributed by atoms with van der Waals surface area (Å²) in [5.41, 5.74) is 3.37. The minimum absolute atomic E-state index is 0.132. The SMILES string of the molecule is CCN(C(=O)CSc1nnc(Cc2ccccc2)n1-c1ccccc1)C1=CCCCC1. The van der Waals surface area contributed by atoms with E-state index in [2.05, 4.69) is 45.1 Å². The van der Waals surface area contributed by atoms with E-state index < -0.39 is 0 Å². The van der Waals surface area contributed by atoms with Crippen LogP contribution in [0.2, 0.25) is 0 Å². The van der Waals surface area contributed by atoms with E-state index in [9.17, 15) is 4.79 Å². The second-order valence-corrected chi connectivity index (χ2v) is 8.54. The number of rotatable bonds is 8. The maximum atomic E-state index is 13.0. The highest BCUT2D eigenvalue weighted by atomic mass is 32.2. The van der Waals surface area contributed by atoms with Gasteiger partial charge in [0.05, 0.1) is 5.75 Å². The number of nitrogens with zero attached hydrogens (tertiary/aromatic N) is 4. The molecule has 0 bridgehead atoms. The van der Waals surface area contributed by atoms with Gasteiger partial charge >= 0.3 is 0 Å². The number of para-hydroxylation sites is 1. The zero-order valence-electron chi connectivity index (χ0n) is 17.9. The van der Waals surface area contributed by atoms with Crippen molar-refractivity contribution in [2.45, 2.75) is 44.2 Å². The van der Waals surface area contributed by atoms with Crippen LogP contribution in [0.4, 0.5) is 0 Å². The summed E-state index contributed by atoms with van der Waals surface area (Å²) in [7, 11) is 0. The van der Waals surface area contributed by atoms with Gasteiger partial charge in [-0.15, -0.1) is 10.2 Å². The molecular formula is C25H28N4OS. The molecule has 0 saturated heterocycles. The van der Waals surface area contributed by atoms with Gasteiger partial charge in [0.25, 0.3) is 0 Å². The molecule has 0 spiro atoms. The first kappa shape index (κ1) is 21.4. The number of hydrogen-bond donors (Lipinski definition) is 0. The Morgan fingerprint density at radius 2 is 1.77 bits per heavy atom. The van der Waals surface area contributed by atoms with Gasteiger partial charge in [0.15, 0.2) is 5.16 Å². The van der Waals surface area contributed by atoms with Gasteiger partial charge in [0.1, 0.15) is 5.82 Å². The molecule has 0 N–H and O–H groups in total. The molecule has 0 atom stereocenters. The van der Waals surface area contributed by atoms with Crippen molar-refractivity contribution in [3.63, 3.8) is 0 Å². The predicted molar refractivity (Wildman–Crippen MR) is 125 cm³/mol. The van der Waals surface area contributed by atoms with Crippen molar-refractivity contribution < 1.29 is 4.79 Å². The van der Waals surface area contributed by atoms with E-state index in [1.807, 2.05) is 48.2 Å². The van der Waals surface area contributed by atoms with Crippen molar-refractivity contribution in [1.82, 2.24) is 19.7 Å². The summed E-state index contributed by atoms with van der Waals surface area (Å²) in [4.78, 5) is 14.9. The molecule has 1 aromatic heterocycles. The smallest absolute Gasteiger partial charge is 0.237 e. The standard InChI is InChI=1S/C25H28N4OS/c1-2-28(21-14-8-4-9-15-21)24(30)19-31-25-27-26-23(18-20-12-6-3-7-13-20)29(25)22-16-10-5-11-17-22/h3,5-7,10-14,16-17H,2,4,8-9,15,18-19H2,1H3. The first-order chi connectivity index (χ1) is 15.3.